The summed E-state index contributed by atoms with van der Waals surface area (Å²) in [5, 5.41) is 9.66. The second kappa shape index (κ2) is 5.11. The van der Waals surface area contributed by atoms with Gasteiger partial charge in [0.25, 0.3) is 0 Å². The average Bonchev–Trinajstić information content (AvgIpc) is 2.18. The summed E-state index contributed by atoms with van der Waals surface area (Å²) in [6.45, 7) is 0. The molecule has 15 heavy (non-hydrogen) atoms. The van der Waals surface area contributed by atoms with Gasteiger partial charge in [0.05, 0.1) is 0 Å². The second-order valence-corrected chi connectivity index (χ2v) is 3.38. The van der Waals surface area contributed by atoms with Gasteiger partial charge >= 0.3 is 11.1 Å². The molecule has 1 aromatic rings. The Kier molecular flexibility index (Phi) is 3.81. The highest BCUT2D eigenvalue weighted by Crippen LogP contribution is 2.20. The first-order valence-electron chi connectivity index (χ1n) is 3.75. The number of thioether (sulfide) groups is 1. The molecule has 0 aromatic carbocycles. The molecule has 1 rings (SSSR count). The number of carboxylic acid groups (broad SMARTS) is 1. The summed E-state index contributed by atoms with van der Waals surface area (Å²) in [6.07, 6.45) is 1.80. The van der Waals surface area contributed by atoms with Crippen molar-refractivity contribution in [2.24, 2.45) is 0 Å². The summed E-state index contributed by atoms with van der Waals surface area (Å²) in [4.78, 5) is 35.4. The maximum Gasteiger partial charge on any atom is 0.383 e. The second-order valence-electron chi connectivity index (χ2n) is 2.33. The molecular weight excluding hydrogens is 220 g/mol. The highest BCUT2D eigenvalue weighted by atomic mass is 32.2. The van der Waals surface area contributed by atoms with E-state index in [1.165, 1.54) is 18.3 Å². The number of hydrogen-bond acceptors (Lipinski definition) is 5. The van der Waals surface area contributed by atoms with Gasteiger partial charge in [-0.3, -0.25) is 9.59 Å². The smallest absolute Gasteiger partial charge is 0.383 e. The van der Waals surface area contributed by atoms with Crippen LogP contribution in [0, 0.1) is 0 Å². The van der Waals surface area contributed by atoms with Crippen molar-refractivity contribution in [3.05, 3.63) is 18.3 Å². The first-order valence-corrected chi connectivity index (χ1v) is 4.56. The van der Waals surface area contributed by atoms with Crippen molar-refractivity contribution in [1.82, 2.24) is 4.98 Å². The fourth-order valence-corrected chi connectivity index (χ4v) is 1.37. The summed E-state index contributed by atoms with van der Waals surface area (Å²) in [6, 6.07) is 2.88. The van der Waals surface area contributed by atoms with E-state index >= 15 is 0 Å². The Labute approximate surface area is 88.7 Å². The number of carbonyl (C=O) groups excluding carboxylic acids is 2. The molecule has 78 valence electrons. The van der Waals surface area contributed by atoms with E-state index in [0.717, 1.165) is 0 Å². The minimum absolute atomic E-state index is 0.258. The molecule has 0 aliphatic heterocycles. The van der Waals surface area contributed by atoms with Crippen molar-refractivity contribution in [1.29, 1.82) is 0 Å². The number of aliphatic carboxylic acids is 1. The summed E-state index contributed by atoms with van der Waals surface area (Å²) in [5.74, 6) is -1.25. The van der Waals surface area contributed by atoms with E-state index in [0.29, 0.717) is 23.1 Å². The van der Waals surface area contributed by atoms with Crippen molar-refractivity contribution in [2.45, 2.75) is 4.90 Å². The molecule has 7 heteroatoms. The number of nitrogens with zero attached hydrogens (tertiary/aromatic N) is 1. The fraction of sp³-hybridized carbons (Fsp3) is 0. The number of rotatable bonds is 3. The maximum atomic E-state index is 10.8. The third-order valence-corrected chi connectivity index (χ3v) is 2.17. The Hall–Kier alpha value is -1.89. The van der Waals surface area contributed by atoms with E-state index in [1.54, 1.807) is 0 Å². The monoisotopic (exact) mass is 226 g/mol. The van der Waals surface area contributed by atoms with Crippen LogP contribution in [0.3, 0.4) is 0 Å². The number of aromatic nitrogens is 1. The molecule has 0 bridgehead atoms. The van der Waals surface area contributed by atoms with Gasteiger partial charge in [-0.1, -0.05) is 0 Å². The summed E-state index contributed by atoms with van der Waals surface area (Å²) >= 11 is 0.557. The number of pyridine rings is 1. The van der Waals surface area contributed by atoms with Crippen LogP contribution in [0.2, 0.25) is 0 Å². The van der Waals surface area contributed by atoms with E-state index in [1.807, 2.05) is 0 Å². The lowest BCUT2D eigenvalue weighted by atomic mass is 10.5. The van der Waals surface area contributed by atoms with Gasteiger partial charge in [-0.2, -0.15) is 0 Å². The summed E-state index contributed by atoms with van der Waals surface area (Å²) in [7, 11) is 0. The van der Waals surface area contributed by atoms with Gasteiger partial charge in [-0.25, -0.2) is 9.78 Å². The molecule has 0 saturated carbocycles. The molecular formula is C8H6N2O4S. The molecule has 1 amide bonds. The lowest BCUT2D eigenvalue weighted by Gasteiger charge is -2.00. The van der Waals surface area contributed by atoms with Crippen LogP contribution in [0.1, 0.15) is 0 Å². The summed E-state index contributed by atoms with van der Waals surface area (Å²) < 4.78 is 0. The Bertz CT molecular complexity index is 407. The third-order valence-electron chi connectivity index (χ3n) is 1.32. The van der Waals surface area contributed by atoms with Gasteiger partial charge in [-0.15, -0.1) is 0 Å². The predicted molar refractivity (Wildman–Crippen MR) is 52.4 cm³/mol. The number of nitrogens with one attached hydrogen (secondary N) is 1. The SMILES string of the molecule is O=CNc1cc(SC(=O)C(=O)O)ccn1. The Morgan fingerprint density at radius 2 is 2.27 bits per heavy atom. The van der Waals surface area contributed by atoms with Crippen molar-refractivity contribution < 1.29 is 19.5 Å². The van der Waals surface area contributed by atoms with Gasteiger partial charge in [-0.05, 0) is 23.9 Å². The Morgan fingerprint density at radius 1 is 1.53 bits per heavy atom. The number of carbonyl (C=O) groups is 3. The fourth-order valence-electron chi connectivity index (χ4n) is 0.765. The normalized spacial score (nSPS) is 9.33. The lowest BCUT2D eigenvalue weighted by Crippen LogP contribution is -2.07. The van der Waals surface area contributed by atoms with E-state index in [4.69, 9.17) is 5.11 Å². The largest absolute Gasteiger partial charge is 0.475 e. The molecule has 0 saturated heterocycles. The van der Waals surface area contributed by atoms with Gasteiger partial charge in [0.15, 0.2) is 0 Å². The van der Waals surface area contributed by atoms with Crippen LogP contribution in [0.25, 0.3) is 0 Å². The van der Waals surface area contributed by atoms with Crippen LogP contribution < -0.4 is 5.32 Å². The first-order chi connectivity index (χ1) is 7.13. The predicted octanol–water partition coefficient (Wildman–Crippen LogP) is 0.353. The topological polar surface area (TPSA) is 96.4 Å². The Balaban J connectivity index is 2.77. The van der Waals surface area contributed by atoms with Crippen molar-refractivity contribution in [3.8, 4) is 0 Å². The number of hydrogen-bond donors (Lipinski definition) is 2. The summed E-state index contributed by atoms with van der Waals surface area (Å²) in [5.41, 5.74) is 0. The molecule has 0 fully saturated rings. The van der Waals surface area contributed by atoms with Crippen molar-refractivity contribution in [3.63, 3.8) is 0 Å². The standard InChI is InChI=1S/C8H6N2O4S/c11-4-10-6-3-5(1-2-9-6)15-8(14)7(12)13/h1-4H,(H,12,13)(H,9,10,11). The molecule has 2 N–H and O–H groups in total. The number of amides is 1. The minimum Gasteiger partial charge on any atom is -0.475 e. The molecule has 0 atom stereocenters. The van der Waals surface area contributed by atoms with Crippen LogP contribution >= 0.6 is 11.8 Å². The maximum absolute atomic E-state index is 10.8. The molecule has 6 nitrogen and oxygen atoms in total. The molecule has 0 aliphatic rings. The zero-order valence-electron chi connectivity index (χ0n) is 7.34. The van der Waals surface area contributed by atoms with Crippen LogP contribution in [0.4, 0.5) is 5.82 Å². The molecule has 0 unspecified atom stereocenters. The minimum atomic E-state index is -1.51. The van der Waals surface area contributed by atoms with Gasteiger partial charge in [0.2, 0.25) is 6.41 Å². The molecule has 1 aromatic heterocycles. The van der Waals surface area contributed by atoms with E-state index in [-0.39, 0.29) is 5.82 Å². The highest BCUT2D eigenvalue weighted by molar-refractivity contribution is 8.15. The van der Waals surface area contributed by atoms with E-state index in [2.05, 4.69) is 10.3 Å². The molecule has 1 heterocycles. The van der Waals surface area contributed by atoms with Gasteiger partial charge in [0.1, 0.15) is 5.82 Å². The van der Waals surface area contributed by atoms with Crippen LogP contribution in [0.5, 0.6) is 0 Å². The number of anilines is 1. The number of carboxylic acids is 1. The van der Waals surface area contributed by atoms with E-state index in [9.17, 15) is 14.4 Å². The Morgan fingerprint density at radius 3 is 2.87 bits per heavy atom. The quantitative estimate of drug-likeness (QED) is 0.438. The molecule has 0 spiro atoms. The third kappa shape index (κ3) is 3.39. The molecule has 0 aliphatic carbocycles. The van der Waals surface area contributed by atoms with Crippen LogP contribution in [0.15, 0.2) is 23.2 Å². The first kappa shape index (κ1) is 11.2. The zero-order valence-corrected chi connectivity index (χ0v) is 8.15. The van der Waals surface area contributed by atoms with Gasteiger partial charge < -0.3 is 10.4 Å². The van der Waals surface area contributed by atoms with Crippen molar-refractivity contribution in [2.75, 3.05) is 5.32 Å². The highest BCUT2D eigenvalue weighted by Gasteiger charge is 2.13. The van der Waals surface area contributed by atoms with Crippen molar-refractivity contribution >= 4 is 35.1 Å². The lowest BCUT2D eigenvalue weighted by molar-refractivity contribution is -0.144. The molecule has 0 radical (unpaired) electrons. The van der Waals surface area contributed by atoms with Crippen LogP contribution in [-0.2, 0) is 14.4 Å². The van der Waals surface area contributed by atoms with Crippen LogP contribution in [-0.4, -0.2) is 27.6 Å². The zero-order chi connectivity index (χ0) is 11.3. The van der Waals surface area contributed by atoms with E-state index < -0.39 is 11.1 Å². The van der Waals surface area contributed by atoms with Gasteiger partial charge in [0, 0.05) is 11.1 Å². The average molecular weight is 226 g/mol.